The van der Waals surface area contributed by atoms with Crippen molar-refractivity contribution in [1.29, 1.82) is 10.5 Å². The Morgan fingerprint density at radius 3 is 1.48 bits per heavy atom. The highest BCUT2D eigenvalue weighted by Crippen LogP contribution is 2.21. The summed E-state index contributed by atoms with van der Waals surface area (Å²) in [6.45, 7) is 4.22. The molecular weight excluding hydrogens is 256 g/mol. The molecule has 0 aliphatic rings. The van der Waals surface area contributed by atoms with Gasteiger partial charge in [0.25, 0.3) is 0 Å². The second-order valence-corrected chi connectivity index (χ2v) is 5.07. The van der Waals surface area contributed by atoms with E-state index in [2.05, 4.69) is 38.1 Å². The van der Waals surface area contributed by atoms with Gasteiger partial charge in [0.2, 0.25) is 0 Å². The first-order valence-electron chi connectivity index (χ1n) is 7.25. The molecule has 0 atom stereocenters. The summed E-state index contributed by atoms with van der Waals surface area (Å²) in [6.07, 6.45) is 2.69. The quantitative estimate of drug-likeness (QED) is 0.841. The van der Waals surface area contributed by atoms with Crippen LogP contribution in [-0.2, 0) is 19.3 Å². The Balaban J connectivity index is 2.39. The van der Waals surface area contributed by atoms with Crippen LogP contribution in [0.2, 0.25) is 0 Å². The molecule has 2 heteroatoms. The predicted octanol–water partition coefficient (Wildman–Crippen LogP) is 4.15. The number of aryl methyl sites for hydroxylation is 2. The SMILES string of the molecule is CCc1cc(C#N)ccc1Cc1ccc(C#N)cc1CC. The molecule has 0 N–H and O–H groups in total. The highest BCUT2D eigenvalue weighted by molar-refractivity contribution is 5.44. The first kappa shape index (κ1) is 14.8. The molecule has 0 aliphatic heterocycles. The van der Waals surface area contributed by atoms with E-state index in [9.17, 15) is 0 Å². The molecule has 0 heterocycles. The molecule has 2 nitrogen and oxygen atoms in total. The van der Waals surface area contributed by atoms with Gasteiger partial charge >= 0.3 is 0 Å². The molecule has 0 aliphatic carbocycles. The number of rotatable bonds is 4. The second kappa shape index (κ2) is 6.73. The zero-order valence-electron chi connectivity index (χ0n) is 12.5. The fourth-order valence-electron chi connectivity index (χ4n) is 2.60. The maximum absolute atomic E-state index is 9.00. The molecule has 0 unspecified atom stereocenters. The third kappa shape index (κ3) is 3.30. The molecule has 0 radical (unpaired) electrons. The Hall–Kier alpha value is -2.58. The summed E-state index contributed by atoms with van der Waals surface area (Å²) in [5.74, 6) is 0. The Morgan fingerprint density at radius 2 is 1.14 bits per heavy atom. The number of hydrogen-bond acceptors (Lipinski definition) is 2. The lowest BCUT2D eigenvalue weighted by atomic mass is 9.92. The third-order valence-corrected chi connectivity index (χ3v) is 3.81. The van der Waals surface area contributed by atoms with E-state index in [1.807, 2.05) is 24.3 Å². The van der Waals surface area contributed by atoms with Gasteiger partial charge in [-0.3, -0.25) is 0 Å². The molecule has 21 heavy (non-hydrogen) atoms. The highest BCUT2D eigenvalue weighted by Gasteiger charge is 2.08. The van der Waals surface area contributed by atoms with Gasteiger partial charge in [-0.05, 0) is 65.8 Å². The van der Waals surface area contributed by atoms with E-state index in [1.165, 1.54) is 22.3 Å². The van der Waals surface area contributed by atoms with Gasteiger partial charge in [0.1, 0.15) is 0 Å². The molecule has 104 valence electrons. The van der Waals surface area contributed by atoms with Crippen molar-refractivity contribution >= 4 is 0 Å². The minimum Gasteiger partial charge on any atom is -0.192 e. The van der Waals surface area contributed by atoms with Crippen LogP contribution in [0.25, 0.3) is 0 Å². The Morgan fingerprint density at radius 1 is 0.714 bits per heavy atom. The summed E-state index contributed by atoms with van der Waals surface area (Å²) < 4.78 is 0. The summed E-state index contributed by atoms with van der Waals surface area (Å²) in [5, 5.41) is 18.0. The van der Waals surface area contributed by atoms with Crippen molar-refractivity contribution in [3.8, 4) is 12.1 Å². The van der Waals surface area contributed by atoms with Gasteiger partial charge in [-0.2, -0.15) is 10.5 Å². The standard InChI is InChI=1S/C19H18N2/c1-3-16-9-14(12-20)5-7-18(16)11-19-8-6-15(13-21)10-17(19)4-2/h5-10H,3-4,11H2,1-2H3. The van der Waals surface area contributed by atoms with E-state index < -0.39 is 0 Å². The number of nitriles is 2. The van der Waals surface area contributed by atoms with Gasteiger partial charge in [-0.25, -0.2) is 0 Å². The monoisotopic (exact) mass is 274 g/mol. The van der Waals surface area contributed by atoms with Crippen molar-refractivity contribution in [3.63, 3.8) is 0 Å². The van der Waals surface area contributed by atoms with Crippen molar-refractivity contribution in [3.05, 3.63) is 69.8 Å². The van der Waals surface area contributed by atoms with Crippen molar-refractivity contribution < 1.29 is 0 Å². The van der Waals surface area contributed by atoms with Crippen molar-refractivity contribution in [2.24, 2.45) is 0 Å². The average Bonchev–Trinajstić information content (AvgIpc) is 2.55. The van der Waals surface area contributed by atoms with Crippen molar-refractivity contribution in [2.45, 2.75) is 33.1 Å². The van der Waals surface area contributed by atoms with E-state index in [1.54, 1.807) is 0 Å². The molecule has 0 bridgehead atoms. The van der Waals surface area contributed by atoms with Gasteiger partial charge in [-0.1, -0.05) is 26.0 Å². The van der Waals surface area contributed by atoms with Crippen LogP contribution < -0.4 is 0 Å². The lowest BCUT2D eigenvalue weighted by molar-refractivity contribution is 1.02. The molecule has 0 amide bonds. The maximum Gasteiger partial charge on any atom is 0.0991 e. The molecule has 2 aromatic rings. The Labute approximate surface area is 126 Å². The molecule has 0 saturated heterocycles. The summed E-state index contributed by atoms with van der Waals surface area (Å²) in [6, 6.07) is 16.2. The Kier molecular flexibility index (Phi) is 4.75. The van der Waals surface area contributed by atoms with Crippen molar-refractivity contribution in [2.75, 3.05) is 0 Å². The molecule has 0 saturated carbocycles. The first-order valence-corrected chi connectivity index (χ1v) is 7.25. The summed E-state index contributed by atoms with van der Waals surface area (Å²) in [7, 11) is 0. The van der Waals surface area contributed by atoms with Crippen LogP contribution in [0.4, 0.5) is 0 Å². The van der Waals surface area contributed by atoms with E-state index in [-0.39, 0.29) is 0 Å². The average molecular weight is 274 g/mol. The van der Waals surface area contributed by atoms with Gasteiger partial charge in [0.05, 0.1) is 23.3 Å². The van der Waals surface area contributed by atoms with Crippen LogP contribution in [-0.4, -0.2) is 0 Å². The molecule has 2 aromatic carbocycles. The predicted molar refractivity (Wildman–Crippen MR) is 83.9 cm³/mol. The zero-order valence-corrected chi connectivity index (χ0v) is 12.5. The summed E-state index contributed by atoms with van der Waals surface area (Å²) in [5.41, 5.74) is 6.39. The lowest BCUT2D eigenvalue weighted by Crippen LogP contribution is -1.99. The first-order chi connectivity index (χ1) is 10.2. The van der Waals surface area contributed by atoms with E-state index in [4.69, 9.17) is 10.5 Å². The smallest absolute Gasteiger partial charge is 0.0991 e. The van der Waals surface area contributed by atoms with Crippen LogP contribution in [0.5, 0.6) is 0 Å². The fourth-order valence-corrected chi connectivity index (χ4v) is 2.60. The highest BCUT2D eigenvalue weighted by atomic mass is 14.2. The van der Waals surface area contributed by atoms with Gasteiger partial charge in [0, 0.05) is 0 Å². The summed E-state index contributed by atoms with van der Waals surface area (Å²) in [4.78, 5) is 0. The minimum absolute atomic E-state index is 0.714. The second-order valence-electron chi connectivity index (χ2n) is 5.07. The van der Waals surface area contributed by atoms with E-state index >= 15 is 0 Å². The van der Waals surface area contributed by atoms with Gasteiger partial charge in [0.15, 0.2) is 0 Å². The molecular formula is C19H18N2. The number of benzene rings is 2. The van der Waals surface area contributed by atoms with Crippen LogP contribution in [0, 0.1) is 22.7 Å². The molecule has 0 spiro atoms. The van der Waals surface area contributed by atoms with Crippen LogP contribution in [0.3, 0.4) is 0 Å². The van der Waals surface area contributed by atoms with Crippen LogP contribution in [0.15, 0.2) is 36.4 Å². The number of nitrogens with zero attached hydrogens (tertiary/aromatic N) is 2. The fraction of sp³-hybridized carbons (Fsp3) is 0.263. The normalized spacial score (nSPS) is 9.90. The zero-order chi connectivity index (χ0) is 15.2. The minimum atomic E-state index is 0.714. The van der Waals surface area contributed by atoms with Gasteiger partial charge in [-0.15, -0.1) is 0 Å². The van der Waals surface area contributed by atoms with Crippen LogP contribution in [0.1, 0.15) is 47.2 Å². The van der Waals surface area contributed by atoms with Crippen molar-refractivity contribution in [1.82, 2.24) is 0 Å². The largest absolute Gasteiger partial charge is 0.192 e. The maximum atomic E-state index is 9.00. The topological polar surface area (TPSA) is 47.6 Å². The molecule has 0 fully saturated rings. The Bertz CT molecular complexity index is 667. The summed E-state index contributed by atoms with van der Waals surface area (Å²) >= 11 is 0. The lowest BCUT2D eigenvalue weighted by Gasteiger charge is -2.12. The third-order valence-electron chi connectivity index (χ3n) is 3.81. The van der Waals surface area contributed by atoms with Gasteiger partial charge < -0.3 is 0 Å². The van der Waals surface area contributed by atoms with E-state index in [0.29, 0.717) is 11.1 Å². The molecule has 0 aromatic heterocycles. The number of hydrogen-bond donors (Lipinski definition) is 0. The van der Waals surface area contributed by atoms with E-state index in [0.717, 1.165) is 19.3 Å². The molecule has 2 rings (SSSR count). The van der Waals surface area contributed by atoms with Crippen LogP contribution >= 0.6 is 0 Å².